The fourth-order valence-corrected chi connectivity index (χ4v) is 7.35. The van der Waals surface area contributed by atoms with E-state index in [1.807, 2.05) is 0 Å². The van der Waals surface area contributed by atoms with E-state index in [4.69, 9.17) is 9.47 Å². The minimum atomic E-state index is -0.405. The van der Waals surface area contributed by atoms with Gasteiger partial charge >= 0.3 is 5.97 Å². The molecule has 2 heterocycles. The lowest BCUT2D eigenvalue weighted by Crippen LogP contribution is -2.53. The van der Waals surface area contributed by atoms with Crippen molar-refractivity contribution in [2.75, 3.05) is 0 Å². The lowest BCUT2D eigenvalue weighted by Gasteiger charge is -2.56. The molecule has 0 amide bonds. The predicted octanol–water partition coefficient (Wildman–Crippen LogP) is 3.60. The first-order valence-electron chi connectivity index (χ1n) is 9.49. The Kier molecular flexibility index (Phi) is 2.77. The molecule has 0 aromatic carbocycles. The number of esters is 1. The molecule has 2 bridgehead atoms. The Morgan fingerprint density at radius 3 is 2.62 bits per heavy atom. The van der Waals surface area contributed by atoms with Gasteiger partial charge in [0.2, 0.25) is 5.76 Å². The first kappa shape index (κ1) is 15.0. The molecule has 0 N–H and O–H groups in total. The van der Waals surface area contributed by atoms with Crippen LogP contribution in [0.25, 0.3) is 0 Å². The average Bonchev–Trinajstić information content (AvgIpc) is 3.15. The largest absolute Gasteiger partial charge is 0.446 e. The number of hydrogen-bond acceptors (Lipinski definition) is 4. The molecule has 4 fully saturated rings. The summed E-state index contributed by atoms with van der Waals surface area (Å²) in [5.74, 6) is 2.64. The number of fused-ring (bicyclic) bond motifs is 8. The van der Waals surface area contributed by atoms with Crippen LogP contribution in [0, 0.1) is 34.5 Å². The van der Waals surface area contributed by atoms with E-state index in [-0.39, 0.29) is 22.7 Å². The molecular weight excluding hydrogens is 304 g/mol. The Balaban J connectivity index is 1.53. The van der Waals surface area contributed by atoms with Crippen molar-refractivity contribution in [3.05, 3.63) is 11.3 Å². The van der Waals surface area contributed by atoms with Crippen LogP contribution in [0.1, 0.15) is 59.3 Å². The van der Waals surface area contributed by atoms with E-state index < -0.39 is 6.29 Å². The van der Waals surface area contributed by atoms with Crippen LogP contribution in [0.5, 0.6) is 0 Å². The van der Waals surface area contributed by atoms with E-state index in [0.29, 0.717) is 29.3 Å². The van der Waals surface area contributed by atoms with Crippen LogP contribution in [-0.4, -0.2) is 18.0 Å². The van der Waals surface area contributed by atoms with Crippen LogP contribution in [0.2, 0.25) is 0 Å². The summed E-state index contributed by atoms with van der Waals surface area (Å²) in [6.45, 7) is 6.39. The van der Waals surface area contributed by atoms with Crippen molar-refractivity contribution in [1.82, 2.24) is 0 Å². The number of ketones is 1. The summed E-state index contributed by atoms with van der Waals surface area (Å²) in [6, 6.07) is 0. The summed E-state index contributed by atoms with van der Waals surface area (Å²) < 4.78 is 11.3. The molecule has 4 heteroatoms. The maximum atomic E-state index is 12.2. The molecular formula is C20H26O4. The van der Waals surface area contributed by atoms with Crippen molar-refractivity contribution in [3.63, 3.8) is 0 Å². The third kappa shape index (κ3) is 1.52. The van der Waals surface area contributed by atoms with Gasteiger partial charge in [-0.3, -0.25) is 4.79 Å². The first-order valence-corrected chi connectivity index (χ1v) is 9.49. The zero-order valence-electron chi connectivity index (χ0n) is 14.8. The molecule has 0 spiro atoms. The van der Waals surface area contributed by atoms with Crippen molar-refractivity contribution in [2.45, 2.75) is 65.6 Å². The van der Waals surface area contributed by atoms with Gasteiger partial charge in [-0.1, -0.05) is 6.92 Å². The number of Topliss-reactive ketones (excluding diaryl/α,β-unsaturated/α-hetero) is 1. The monoisotopic (exact) mass is 330 g/mol. The Labute approximate surface area is 143 Å². The van der Waals surface area contributed by atoms with Crippen LogP contribution < -0.4 is 0 Å². The molecule has 1 saturated heterocycles. The molecule has 3 saturated carbocycles. The second-order valence-corrected chi connectivity index (χ2v) is 9.15. The summed E-state index contributed by atoms with van der Waals surface area (Å²) in [6.07, 6.45) is 6.14. The van der Waals surface area contributed by atoms with Gasteiger partial charge in [0.1, 0.15) is 5.78 Å². The van der Waals surface area contributed by atoms with Crippen molar-refractivity contribution >= 4 is 11.8 Å². The minimum Gasteiger partial charge on any atom is -0.446 e. The fraction of sp³-hybridized carbons (Fsp3) is 0.800. The maximum absolute atomic E-state index is 12.2. The molecule has 1 unspecified atom stereocenters. The van der Waals surface area contributed by atoms with Gasteiger partial charge in [-0.05, 0) is 81.1 Å². The fourth-order valence-electron chi connectivity index (χ4n) is 7.35. The van der Waals surface area contributed by atoms with E-state index in [0.717, 1.165) is 32.1 Å². The number of ether oxygens (including phenoxy) is 2. The summed E-state index contributed by atoms with van der Waals surface area (Å²) in [4.78, 5) is 24.1. The Bertz CT molecular complexity index is 679. The molecule has 5 aliphatic rings. The highest BCUT2D eigenvalue weighted by Gasteiger charge is 2.67. The van der Waals surface area contributed by atoms with Crippen LogP contribution in [0.15, 0.2) is 11.3 Å². The average molecular weight is 330 g/mol. The van der Waals surface area contributed by atoms with Gasteiger partial charge in [0.05, 0.1) is 5.41 Å². The smallest absolute Gasteiger partial charge is 0.376 e. The topological polar surface area (TPSA) is 52.6 Å². The van der Waals surface area contributed by atoms with Crippen molar-refractivity contribution in [3.8, 4) is 0 Å². The van der Waals surface area contributed by atoms with Crippen molar-refractivity contribution in [2.24, 2.45) is 34.5 Å². The minimum absolute atomic E-state index is 0.137. The highest BCUT2D eigenvalue weighted by molar-refractivity contribution is 5.90. The molecule has 0 aromatic heterocycles. The Morgan fingerprint density at radius 2 is 1.88 bits per heavy atom. The van der Waals surface area contributed by atoms with Gasteiger partial charge in [0.25, 0.3) is 6.29 Å². The molecule has 3 aliphatic carbocycles. The summed E-state index contributed by atoms with van der Waals surface area (Å²) in [5, 5.41) is 0. The molecule has 7 atom stereocenters. The number of carbonyl (C=O) groups excluding carboxylic acids is 2. The predicted molar refractivity (Wildman–Crippen MR) is 86.5 cm³/mol. The maximum Gasteiger partial charge on any atom is 0.376 e. The van der Waals surface area contributed by atoms with Crippen LogP contribution in [-0.2, 0) is 19.1 Å². The van der Waals surface area contributed by atoms with Gasteiger partial charge in [-0.2, -0.15) is 0 Å². The summed E-state index contributed by atoms with van der Waals surface area (Å²) >= 11 is 0. The molecule has 2 aliphatic heterocycles. The van der Waals surface area contributed by atoms with Crippen molar-refractivity contribution in [1.29, 1.82) is 0 Å². The van der Waals surface area contributed by atoms with E-state index >= 15 is 0 Å². The summed E-state index contributed by atoms with van der Waals surface area (Å²) in [7, 11) is 0. The molecule has 0 aromatic rings. The van der Waals surface area contributed by atoms with Gasteiger partial charge in [-0.25, -0.2) is 4.79 Å². The van der Waals surface area contributed by atoms with E-state index in [1.54, 1.807) is 6.92 Å². The zero-order chi connectivity index (χ0) is 16.9. The van der Waals surface area contributed by atoms with Crippen molar-refractivity contribution < 1.29 is 19.1 Å². The lowest BCUT2D eigenvalue weighted by atomic mass is 9.48. The Hall–Kier alpha value is -1.32. The van der Waals surface area contributed by atoms with Crippen LogP contribution in [0.4, 0.5) is 0 Å². The third-order valence-corrected chi connectivity index (χ3v) is 8.46. The van der Waals surface area contributed by atoms with Crippen LogP contribution in [0.3, 0.4) is 0 Å². The normalized spacial score (nSPS) is 51.6. The van der Waals surface area contributed by atoms with Gasteiger partial charge in [-0.15, -0.1) is 0 Å². The molecule has 0 radical (unpaired) electrons. The van der Waals surface area contributed by atoms with Gasteiger partial charge < -0.3 is 9.47 Å². The van der Waals surface area contributed by atoms with Gasteiger partial charge in [0, 0.05) is 5.92 Å². The van der Waals surface area contributed by atoms with E-state index in [9.17, 15) is 9.59 Å². The highest BCUT2D eigenvalue weighted by Crippen LogP contribution is 2.68. The number of hydrogen-bond donors (Lipinski definition) is 0. The highest BCUT2D eigenvalue weighted by atomic mass is 16.8. The van der Waals surface area contributed by atoms with Gasteiger partial charge in [0.15, 0.2) is 0 Å². The second-order valence-electron chi connectivity index (χ2n) is 9.15. The van der Waals surface area contributed by atoms with E-state index in [2.05, 4.69) is 13.8 Å². The first-order chi connectivity index (χ1) is 11.4. The standard InChI is InChI=1S/C20H26O4/c1-10(21)12-6-7-13-11-4-5-15-16-17(22)24-18(23-16)20(15,3)14(11)8-9-19(12,13)2/h11-14,18H,4-9H2,1-3H3/t11-,12+,13-,14-,18?,19+,20+/m0/s1. The molecule has 4 nitrogen and oxygen atoms in total. The molecule has 24 heavy (non-hydrogen) atoms. The van der Waals surface area contributed by atoms with E-state index in [1.165, 1.54) is 12.0 Å². The quantitative estimate of drug-likeness (QED) is 0.689. The third-order valence-electron chi connectivity index (χ3n) is 8.46. The summed E-state index contributed by atoms with van der Waals surface area (Å²) in [5.41, 5.74) is 1.25. The SMILES string of the molecule is CC(=O)[C@H]1CC[C@H]2[C@@H]3CCC4=C5OC(OC5=O)[C@]4(C)[C@H]3CC[C@]12C. The lowest BCUT2D eigenvalue weighted by molar-refractivity contribution is -0.172. The molecule has 130 valence electrons. The number of rotatable bonds is 1. The molecule has 5 rings (SSSR count). The number of carbonyl (C=O) groups is 2. The van der Waals surface area contributed by atoms with Crippen LogP contribution >= 0.6 is 0 Å². The Morgan fingerprint density at radius 1 is 1.08 bits per heavy atom. The second kappa shape index (κ2) is 4.44. The zero-order valence-corrected chi connectivity index (χ0v) is 14.8.